The number of nitrogens with zero attached hydrogens (tertiary/aromatic N) is 1. The van der Waals surface area contributed by atoms with Crippen molar-refractivity contribution in [3.8, 4) is 0 Å². The molecule has 0 aliphatic heterocycles. The second-order valence-corrected chi connectivity index (χ2v) is 5.50. The first-order chi connectivity index (χ1) is 7.27. The first-order valence-corrected chi connectivity index (χ1v) is 6.84. The van der Waals surface area contributed by atoms with Gasteiger partial charge in [-0.05, 0) is 47.8 Å². The Labute approximate surface area is 99.0 Å². The molecule has 1 nitrogen and oxygen atoms in total. The van der Waals surface area contributed by atoms with Crippen LogP contribution in [0.15, 0.2) is 34.3 Å². The lowest BCUT2D eigenvalue weighted by atomic mass is 10.2. The molecule has 2 aromatic heterocycles. The Morgan fingerprint density at radius 2 is 2.20 bits per heavy atom. The number of thiophene rings is 2. The Morgan fingerprint density at radius 1 is 1.33 bits per heavy atom. The van der Waals surface area contributed by atoms with Crippen molar-refractivity contribution < 1.29 is 0 Å². The zero-order chi connectivity index (χ0) is 10.7. The molecule has 0 N–H and O–H groups in total. The van der Waals surface area contributed by atoms with E-state index >= 15 is 0 Å². The van der Waals surface area contributed by atoms with Crippen LogP contribution in [0.4, 0.5) is 0 Å². The fourth-order valence-corrected chi connectivity index (χ4v) is 3.06. The van der Waals surface area contributed by atoms with E-state index in [-0.39, 0.29) is 0 Å². The molecule has 2 aromatic rings. The van der Waals surface area contributed by atoms with E-state index < -0.39 is 0 Å². The highest BCUT2D eigenvalue weighted by molar-refractivity contribution is 7.10. The van der Waals surface area contributed by atoms with Crippen molar-refractivity contribution in [1.82, 2.24) is 4.90 Å². The van der Waals surface area contributed by atoms with Crippen LogP contribution in [0.25, 0.3) is 0 Å². The summed E-state index contributed by atoms with van der Waals surface area (Å²) in [6, 6.07) is 7.03. The molecule has 0 fully saturated rings. The summed E-state index contributed by atoms with van der Waals surface area (Å²) >= 11 is 3.60. The maximum absolute atomic E-state index is 2.38. The summed E-state index contributed by atoms with van der Waals surface area (Å²) in [6.45, 7) is 3.29. The molecule has 0 aliphatic rings. The van der Waals surface area contributed by atoms with Gasteiger partial charge < -0.3 is 0 Å². The summed E-state index contributed by atoms with van der Waals surface area (Å²) in [5.74, 6) is 0. The largest absolute Gasteiger partial charge is 0.295 e. The van der Waals surface area contributed by atoms with E-state index in [0.717, 1.165) is 6.54 Å². The number of hydrogen-bond donors (Lipinski definition) is 0. The Hall–Kier alpha value is -0.640. The van der Waals surface area contributed by atoms with Crippen LogP contribution >= 0.6 is 22.7 Å². The van der Waals surface area contributed by atoms with Gasteiger partial charge in [-0.25, -0.2) is 0 Å². The van der Waals surface area contributed by atoms with E-state index in [1.54, 1.807) is 11.3 Å². The van der Waals surface area contributed by atoms with E-state index in [1.165, 1.54) is 10.4 Å². The molecule has 3 heteroatoms. The van der Waals surface area contributed by atoms with Crippen LogP contribution in [0.3, 0.4) is 0 Å². The average molecular weight is 237 g/mol. The Morgan fingerprint density at radius 3 is 2.80 bits per heavy atom. The van der Waals surface area contributed by atoms with Gasteiger partial charge in [-0.2, -0.15) is 11.3 Å². The van der Waals surface area contributed by atoms with E-state index in [9.17, 15) is 0 Å². The van der Waals surface area contributed by atoms with E-state index in [4.69, 9.17) is 0 Å². The average Bonchev–Trinajstić information content (AvgIpc) is 2.88. The summed E-state index contributed by atoms with van der Waals surface area (Å²) < 4.78 is 0. The molecule has 0 aliphatic carbocycles. The van der Waals surface area contributed by atoms with Gasteiger partial charge >= 0.3 is 0 Å². The van der Waals surface area contributed by atoms with Crippen LogP contribution in [0.1, 0.15) is 23.4 Å². The van der Waals surface area contributed by atoms with Crippen molar-refractivity contribution in [3.05, 3.63) is 44.8 Å². The Kier molecular flexibility index (Phi) is 3.57. The summed E-state index contributed by atoms with van der Waals surface area (Å²) in [5.41, 5.74) is 1.41. The van der Waals surface area contributed by atoms with Crippen molar-refractivity contribution in [2.45, 2.75) is 19.5 Å². The minimum Gasteiger partial charge on any atom is -0.295 e. The predicted molar refractivity (Wildman–Crippen MR) is 68.5 cm³/mol. The normalized spacial score (nSPS) is 13.3. The van der Waals surface area contributed by atoms with Crippen LogP contribution in [-0.4, -0.2) is 11.9 Å². The third-order valence-corrected chi connectivity index (χ3v) is 4.40. The van der Waals surface area contributed by atoms with Gasteiger partial charge in [-0.15, -0.1) is 11.3 Å². The molecule has 0 bridgehead atoms. The van der Waals surface area contributed by atoms with Gasteiger partial charge in [-0.1, -0.05) is 6.07 Å². The molecule has 0 amide bonds. The molecule has 15 heavy (non-hydrogen) atoms. The zero-order valence-corrected chi connectivity index (χ0v) is 10.6. The topological polar surface area (TPSA) is 3.24 Å². The van der Waals surface area contributed by atoms with Gasteiger partial charge in [0.1, 0.15) is 0 Å². The summed E-state index contributed by atoms with van der Waals surface area (Å²) in [4.78, 5) is 3.82. The molecule has 0 aromatic carbocycles. The highest BCUT2D eigenvalue weighted by Crippen LogP contribution is 2.24. The maximum atomic E-state index is 2.38. The minimum absolute atomic E-state index is 0.505. The molecular formula is C12H15NS2. The molecular weight excluding hydrogens is 222 g/mol. The molecule has 2 heterocycles. The number of hydrogen-bond acceptors (Lipinski definition) is 3. The first-order valence-electron chi connectivity index (χ1n) is 5.02. The van der Waals surface area contributed by atoms with Crippen molar-refractivity contribution in [2.24, 2.45) is 0 Å². The van der Waals surface area contributed by atoms with Gasteiger partial charge in [0.25, 0.3) is 0 Å². The highest BCUT2D eigenvalue weighted by atomic mass is 32.1. The predicted octanol–water partition coefficient (Wildman–Crippen LogP) is 4.00. The van der Waals surface area contributed by atoms with Crippen LogP contribution in [0, 0.1) is 0 Å². The molecule has 1 unspecified atom stereocenters. The summed E-state index contributed by atoms with van der Waals surface area (Å²) in [6.07, 6.45) is 0. The second kappa shape index (κ2) is 4.92. The summed E-state index contributed by atoms with van der Waals surface area (Å²) in [5, 5.41) is 6.50. The summed E-state index contributed by atoms with van der Waals surface area (Å²) in [7, 11) is 2.18. The third kappa shape index (κ3) is 2.68. The monoisotopic (exact) mass is 237 g/mol. The van der Waals surface area contributed by atoms with E-state index in [1.807, 2.05) is 11.3 Å². The SMILES string of the molecule is CC(c1cccs1)N(C)Cc1ccsc1. The molecule has 2 rings (SSSR count). The van der Waals surface area contributed by atoms with Crippen molar-refractivity contribution in [3.63, 3.8) is 0 Å². The minimum atomic E-state index is 0.505. The first kappa shape index (κ1) is 10.9. The van der Waals surface area contributed by atoms with Gasteiger partial charge in [0.05, 0.1) is 0 Å². The lowest BCUT2D eigenvalue weighted by Gasteiger charge is -2.23. The van der Waals surface area contributed by atoms with Crippen LogP contribution in [0.5, 0.6) is 0 Å². The van der Waals surface area contributed by atoms with Crippen LogP contribution in [0.2, 0.25) is 0 Å². The van der Waals surface area contributed by atoms with Crippen molar-refractivity contribution in [1.29, 1.82) is 0 Å². The zero-order valence-electron chi connectivity index (χ0n) is 9.01. The highest BCUT2D eigenvalue weighted by Gasteiger charge is 2.12. The number of rotatable bonds is 4. The van der Waals surface area contributed by atoms with Gasteiger partial charge in [0, 0.05) is 17.5 Å². The molecule has 80 valence electrons. The molecule has 0 saturated heterocycles. The lowest BCUT2D eigenvalue weighted by molar-refractivity contribution is 0.257. The standard InChI is InChI=1S/C12H15NS2/c1-10(12-4-3-6-15-12)13(2)8-11-5-7-14-9-11/h3-7,9-10H,8H2,1-2H3. The Balaban J connectivity index is 1.99. The van der Waals surface area contributed by atoms with Crippen molar-refractivity contribution in [2.75, 3.05) is 7.05 Å². The fourth-order valence-electron chi connectivity index (χ4n) is 1.55. The maximum Gasteiger partial charge on any atom is 0.0413 e. The molecule has 0 saturated carbocycles. The quantitative estimate of drug-likeness (QED) is 0.777. The smallest absolute Gasteiger partial charge is 0.0413 e. The van der Waals surface area contributed by atoms with Crippen LogP contribution < -0.4 is 0 Å². The van der Waals surface area contributed by atoms with Gasteiger partial charge in [0.2, 0.25) is 0 Å². The molecule has 0 radical (unpaired) electrons. The fraction of sp³-hybridized carbons (Fsp3) is 0.333. The Bertz CT molecular complexity index is 378. The lowest BCUT2D eigenvalue weighted by Crippen LogP contribution is -2.20. The van der Waals surface area contributed by atoms with Crippen LogP contribution in [-0.2, 0) is 6.54 Å². The van der Waals surface area contributed by atoms with Gasteiger partial charge in [-0.3, -0.25) is 4.90 Å². The van der Waals surface area contributed by atoms with Crippen molar-refractivity contribution >= 4 is 22.7 Å². The van der Waals surface area contributed by atoms with Gasteiger partial charge in [0.15, 0.2) is 0 Å². The second-order valence-electron chi connectivity index (χ2n) is 3.74. The molecule has 0 spiro atoms. The molecule has 1 atom stereocenters. The van der Waals surface area contributed by atoms with E-state index in [2.05, 4.69) is 53.2 Å². The third-order valence-electron chi connectivity index (χ3n) is 2.63. The van der Waals surface area contributed by atoms with E-state index in [0.29, 0.717) is 6.04 Å².